The van der Waals surface area contributed by atoms with Crippen molar-refractivity contribution in [2.24, 2.45) is 0 Å². The molecular formula is C9H10N3NaO10S. The van der Waals surface area contributed by atoms with Gasteiger partial charge in [0.1, 0.15) is 11.7 Å². The van der Waals surface area contributed by atoms with Crippen LogP contribution in [-0.4, -0.2) is 51.2 Å². The maximum absolute atomic E-state index is 10.9. The molecule has 0 amide bonds. The molecule has 0 radical (unpaired) electrons. The summed E-state index contributed by atoms with van der Waals surface area (Å²) in [6, 6.07) is 0.346. The minimum absolute atomic E-state index is 0. The van der Waals surface area contributed by atoms with Gasteiger partial charge in [-0.1, -0.05) is 0 Å². The largest absolute Gasteiger partial charge is 1.00 e. The number of hydrogen-bond donors (Lipinski definition) is 2. The number of carbonyl (C=O) groups is 1. The quantitative estimate of drug-likeness (QED) is 0.204. The number of aliphatic carboxylic acids is 1. The van der Waals surface area contributed by atoms with E-state index in [2.05, 4.69) is 0 Å². The van der Waals surface area contributed by atoms with Crippen molar-refractivity contribution < 1.29 is 67.8 Å². The first-order valence-electron chi connectivity index (χ1n) is 5.37. The van der Waals surface area contributed by atoms with E-state index in [4.69, 9.17) is 5.11 Å². The van der Waals surface area contributed by atoms with Gasteiger partial charge in [-0.25, -0.2) is 13.2 Å². The van der Waals surface area contributed by atoms with Crippen LogP contribution in [0.1, 0.15) is 0 Å². The number of carboxylic acid groups (broad SMARTS) is 1. The molecule has 0 fully saturated rings. The number of anilines is 1. The average molecular weight is 375 g/mol. The maximum Gasteiger partial charge on any atom is 1.00 e. The molecule has 24 heavy (non-hydrogen) atoms. The van der Waals surface area contributed by atoms with E-state index >= 15 is 0 Å². The van der Waals surface area contributed by atoms with Gasteiger partial charge in [0, 0.05) is 6.07 Å². The molecule has 1 aromatic carbocycles. The standard InChI is InChI=1S/C9H9N3O9S.Na.H2O/c13-9(14)7(4-22(19,20)21)10-6-2-1-5(11(15)16)3-8(6)12(17)18;;/h1-3,7,10H,4H2,(H,13,14)(H,19,20,21);;1H2/q;+1;/p-1/t7-;;/m0../s1. The summed E-state index contributed by atoms with van der Waals surface area (Å²) >= 11 is 0. The Hall–Kier alpha value is -1.84. The second kappa shape index (κ2) is 9.45. The Morgan fingerprint density at radius 2 is 1.79 bits per heavy atom. The predicted molar refractivity (Wildman–Crippen MR) is 73.0 cm³/mol. The average Bonchev–Trinajstić information content (AvgIpc) is 2.36. The first-order valence-corrected chi connectivity index (χ1v) is 6.94. The van der Waals surface area contributed by atoms with Gasteiger partial charge in [-0.15, -0.1) is 0 Å². The summed E-state index contributed by atoms with van der Waals surface area (Å²) in [4.78, 5) is 30.4. The second-order valence-electron chi connectivity index (χ2n) is 3.98. The number of non-ortho nitro benzene ring substituents is 1. The normalized spacial score (nSPS) is 11.4. The molecule has 0 aliphatic heterocycles. The molecule has 0 saturated carbocycles. The molecule has 0 heterocycles. The molecular weight excluding hydrogens is 365 g/mol. The monoisotopic (exact) mass is 375 g/mol. The molecule has 0 spiro atoms. The Morgan fingerprint density at radius 1 is 1.25 bits per heavy atom. The van der Waals surface area contributed by atoms with E-state index in [0.717, 1.165) is 12.1 Å². The number of nitro groups is 2. The van der Waals surface area contributed by atoms with Crippen molar-refractivity contribution >= 4 is 33.1 Å². The molecule has 0 aliphatic rings. The van der Waals surface area contributed by atoms with Crippen LogP contribution in [0.25, 0.3) is 0 Å². The Balaban J connectivity index is 0. The zero-order valence-electron chi connectivity index (χ0n) is 12.0. The Morgan fingerprint density at radius 3 is 2.17 bits per heavy atom. The zero-order chi connectivity index (χ0) is 17.1. The van der Waals surface area contributed by atoms with Crippen LogP contribution in [0.5, 0.6) is 0 Å². The van der Waals surface area contributed by atoms with Crippen molar-refractivity contribution in [2.45, 2.75) is 6.04 Å². The van der Waals surface area contributed by atoms with Crippen molar-refractivity contribution in [3.63, 3.8) is 0 Å². The van der Waals surface area contributed by atoms with E-state index in [0.29, 0.717) is 6.07 Å². The van der Waals surface area contributed by atoms with Gasteiger partial charge in [0.05, 0.1) is 31.8 Å². The number of benzene rings is 1. The molecule has 15 heteroatoms. The van der Waals surface area contributed by atoms with Crippen molar-refractivity contribution in [3.8, 4) is 0 Å². The summed E-state index contributed by atoms with van der Waals surface area (Å²) in [5.41, 5.74) is -1.91. The van der Waals surface area contributed by atoms with E-state index in [9.17, 15) is 38.0 Å². The molecule has 0 bridgehead atoms. The van der Waals surface area contributed by atoms with E-state index in [1.54, 1.807) is 0 Å². The SMILES string of the molecule is O.O=C(O)[C@H](CS(=O)(=O)[O-])Nc1ccc([N+](=O)[O-])cc1[N+](=O)[O-].[Na+]. The van der Waals surface area contributed by atoms with E-state index < -0.39 is 54.8 Å². The minimum atomic E-state index is -4.91. The molecule has 128 valence electrons. The topological polar surface area (TPSA) is 224 Å². The first kappa shape index (κ1) is 24.4. The third-order valence-electron chi connectivity index (χ3n) is 2.39. The van der Waals surface area contributed by atoms with E-state index in [1.807, 2.05) is 5.32 Å². The fourth-order valence-corrected chi connectivity index (χ4v) is 2.11. The molecule has 0 unspecified atom stereocenters. The van der Waals surface area contributed by atoms with Gasteiger partial charge in [0.25, 0.3) is 11.4 Å². The summed E-state index contributed by atoms with van der Waals surface area (Å²) in [6.45, 7) is 0. The van der Waals surface area contributed by atoms with Crippen LogP contribution in [0.3, 0.4) is 0 Å². The molecule has 13 nitrogen and oxygen atoms in total. The van der Waals surface area contributed by atoms with Gasteiger partial charge in [-0.05, 0) is 6.07 Å². The van der Waals surface area contributed by atoms with Crippen molar-refractivity contribution in [3.05, 3.63) is 38.4 Å². The zero-order valence-corrected chi connectivity index (χ0v) is 14.8. The van der Waals surface area contributed by atoms with Crippen LogP contribution in [-0.2, 0) is 14.9 Å². The molecule has 0 aromatic heterocycles. The minimum Gasteiger partial charge on any atom is -0.748 e. The Bertz CT molecular complexity index is 737. The molecule has 4 N–H and O–H groups in total. The number of nitro benzene ring substituents is 2. The fourth-order valence-electron chi connectivity index (χ4n) is 1.47. The van der Waals surface area contributed by atoms with Crippen molar-refractivity contribution in [2.75, 3.05) is 11.1 Å². The summed E-state index contributed by atoms with van der Waals surface area (Å²) in [7, 11) is -4.91. The third kappa shape index (κ3) is 7.16. The van der Waals surface area contributed by atoms with Crippen LogP contribution in [0.2, 0.25) is 0 Å². The fraction of sp³-hybridized carbons (Fsp3) is 0.222. The second-order valence-corrected chi connectivity index (χ2v) is 5.42. The van der Waals surface area contributed by atoms with Crippen molar-refractivity contribution in [1.82, 2.24) is 0 Å². The van der Waals surface area contributed by atoms with Crippen LogP contribution < -0.4 is 34.9 Å². The van der Waals surface area contributed by atoms with Crippen LogP contribution in [0.15, 0.2) is 18.2 Å². The number of hydrogen-bond acceptors (Lipinski definition) is 9. The van der Waals surface area contributed by atoms with E-state index in [-0.39, 0.29) is 35.0 Å². The summed E-state index contributed by atoms with van der Waals surface area (Å²) in [5, 5.41) is 32.2. The van der Waals surface area contributed by atoms with Crippen LogP contribution >= 0.6 is 0 Å². The molecule has 1 atom stereocenters. The molecule has 0 aliphatic carbocycles. The molecule has 1 aromatic rings. The third-order valence-corrected chi connectivity index (χ3v) is 3.13. The van der Waals surface area contributed by atoms with Crippen LogP contribution in [0, 0.1) is 20.2 Å². The van der Waals surface area contributed by atoms with Crippen LogP contribution in [0.4, 0.5) is 17.1 Å². The van der Waals surface area contributed by atoms with E-state index in [1.165, 1.54) is 0 Å². The van der Waals surface area contributed by atoms with Gasteiger partial charge in [0.2, 0.25) is 0 Å². The number of rotatable bonds is 7. The number of carboxylic acids is 1. The van der Waals surface area contributed by atoms with Gasteiger partial charge < -0.3 is 20.5 Å². The van der Waals surface area contributed by atoms with Gasteiger partial charge in [-0.2, -0.15) is 0 Å². The summed E-state index contributed by atoms with van der Waals surface area (Å²) < 4.78 is 31.8. The smallest absolute Gasteiger partial charge is 0.748 e. The van der Waals surface area contributed by atoms with Gasteiger partial charge in [-0.3, -0.25) is 20.2 Å². The van der Waals surface area contributed by atoms with Gasteiger partial charge in [0.15, 0.2) is 0 Å². The van der Waals surface area contributed by atoms with Gasteiger partial charge >= 0.3 is 35.5 Å². The Labute approximate surface area is 156 Å². The maximum atomic E-state index is 10.9. The molecule has 1 rings (SSSR count). The molecule has 0 saturated heterocycles. The van der Waals surface area contributed by atoms with Crippen molar-refractivity contribution in [1.29, 1.82) is 0 Å². The Kier molecular flexibility index (Phi) is 9.62. The summed E-state index contributed by atoms with van der Waals surface area (Å²) in [5.74, 6) is -3.08. The summed E-state index contributed by atoms with van der Waals surface area (Å²) in [6.07, 6.45) is 0. The number of nitrogens with zero attached hydrogens (tertiary/aromatic N) is 2. The first-order chi connectivity index (χ1) is 10.0. The predicted octanol–water partition coefficient (Wildman–Crippen LogP) is -3.91. The number of nitrogens with one attached hydrogen (secondary N) is 1.